The molecular weight excluding hydrogens is 152 g/mol. The van der Waals surface area contributed by atoms with Crippen LogP contribution in [-0.2, 0) is 4.79 Å². The first kappa shape index (κ1) is 9.23. The zero-order valence-corrected chi connectivity index (χ0v) is 7.79. The summed E-state index contributed by atoms with van der Waals surface area (Å²) in [5.74, 6) is 0.266. The highest BCUT2D eigenvalue weighted by Gasteiger charge is 2.21. The van der Waals surface area contributed by atoms with Crippen molar-refractivity contribution in [2.45, 2.75) is 25.7 Å². The predicted octanol–water partition coefficient (Wildman–Crippen LogP) is 1.29. The number of aliphatic imine (C=N–C) groups is 1. The summed E-state index contributed by atoms with van der Waals surface area (Å²) in [5.41, 5.74) is 0. The molecule has 0 atom stereocenters. The molecule has 0 aromatic heterocycles. The highest BCUT2D eigenvalue weighted by molar-refractivity contribution is 5.86. The topological polar surface area (TPSA) is 32.7 Å². The van der Waals surface area contributed by atoms with Crippen LogP contribution in [0.4, 0.5) is 0 Å². The summed E-state index contributed by atoms with van der Waals surface area (Å²) >= 11 is 0. The molecule has 1 aliphatic rings. The number of carbonyl (C=O) groups excluding carboxylic acids is 1. The minimum atomic E-state index is 0.0567. The molecule has 0 spiro atoms. The van der Waals surface area contributed by atoms with Crippen LogP contribution in [-0.4, -0.2) is 31.2 Å². The molecular formula is C9H16N2O. The molecule has 1 rings (SSSR count). The van der Waals surface area contributed by atoms with Crippen molar-refractivity contribution >= 4 is 12.2 Å². The Hall–Kier alpha value is -0.860. The molecule has 0 N–H and O–H groups in total. The first-order chi connectivity index (χ1) is 5.70. The lowest BCUT2D eigenvalue weighted by Gasteiger charge is -2.04. The van der Waals surface area contributed by atoms with Gasteiger partial charge in [-0.25, -0.2) is 4.99 Å². The number of amides is 1. The normalized spacial score (nSPS) is 18.8. The second-order valence-corrected chi connectivity index (χ2v) is 3.53. The number of hydrogen-bond acceptors (Lipinski definition) is 1. The summed E-state index contributed by atoms with van der Waals surface area (Å²) in [6.07, 6.45) is 6.02. The Balaban J connectivity index is 2.36. The molecule has 0 saturated heterocycles. The summed E-state index contributed by atoms with van der Waals surface area (Å²) in [4.78, 5) is 17.0. The van der Waals surface area contributed by atoms with Crippen LogP contribution in [0.15, 0.2) is 4.99 Å². The Morgan fingerprint density at radius 1 is 1.42 bits per heavy atom. The molecule has 12 heavy (non-hydrogen) atoms. The van der Waals surface area contributed by atoms with Crippen LogP contribution in [0.2, 0.25) is 0 Å². The fourth-order valence-corrected chi connectivity index (χ4v) is 1.45. The third-order valence-corrected chi connectivity index (χ3v) is 2.12. The van der Waals surface area contributed by atoms with Crippen LogP contribution >= 0.6 is 0 Å². The van der Waals surface area contributed by atoms with Gasteiger partial charge in [-0.3, -0.25) is 4.79 Å². The van der Waals surface area contributed by atoms with Gasteiger partial charge in [-0.1, -0.05) is 12.8 Å². The van der Waals surface area contributed by atoms with Gasteiger partial charge in [-0.05, 0) is 12.8 Å². The molecule has 1 aliphatic carbocycles. The summed E-state index contributed by atoms with van der Waals surface area (Å²) in [6.45, 7) is 0. The molecule has 0 bridgehead atoms. The van der Waals surface area contributed by atoms with Crippen LogP contribution in [0, 0.1) is 5.92 Å². The van der Waals surface area contributed by atoms with Crippen molar-refractivity contribution in [2.24, 2.45) is 10.9 Å². The van der Waals surface area contributed by atoms with Crippen LogP contribution in [0.1, 0.15) is 25.7 Å². The fraction of sp³-hybridized carbons (Fsp3) is 0.778. The van der Waals surface area contributed by atoms with Crippen molar-refractivity contribution < 1.29 is 4.79 Å². The van der Waals surface area contributed by atoms with E-state index in [2.05, 4.69) is 4.99 Å². The fourth-order valence-electron chi connectivity index (χ4n) is 1.45. The van der Waals surface area contributed by atoms with E-state index in [4.69, 9.17) is 0 Å². The lowest BCUT2D eigenvalue weighted by atomic mass is 10.1. The van der Waals surface area contributed by atoms with Crippen molar-refractivity contribution in [3.63, 3.8) is 0 Å². The first-order valence-corrected chi connectivity index (χ1v) is 4.44. The van der Waals surface area contributed by atoms with E-state index in [9.17, 15) is 4.79 Å². The Bertz CT molecular complexity index is 181. The number of carbonyl (C=O) groups is 1. The number of rotatable bonds is 2. The highest BCUT2D eigenvalue weighted by atomic mass is 16.1. The molecule has 0 aromatic carbocycles. The molecule has 0 heterocycles. The quantitative estimate of drug-likeness (QED) is 0.460. The summed E-state index contributed by atoms with van der Waals surface area (Å²) in [6, 6.07) is 0. The third kappa shape index (κ3) is 2.64. The standard InChI is InChI=1S/C9H16N2O/c1-11(2)7-10-9(12)8-5-3-4-6-8/h7-8H,3-6H2,1-2H3. The van der Waals surface area contributed by atoms with E-state index in [1.165, 1.54) is 12.8 Å². The van der Waals surface area contributed by atoms with E-state index in [1.807, 2.05) is 14.1 Å². The smallest absolute Gasteiger partial charge is 0.250 e. The van der Waals surface area contributed by atoms with Crippen LogP contribution in [0.5, 0.6) is 0 Å². The van der Waals surface area contributed by atoms with E-state index in [0.717, 1.165) is 12.8 Å². The second kappa shape index (κ2) is 4.24. The number of hydrogen-bond donors (Lipinski definition) is 0. The molecule has 1 saturated carbocycles. The molecule has 3 nitrogen and oxygen atoms in total. The molecule has 0 radical (unpaired) electrons. The zero-order chi connectivity index (χ0) is 8.97. The van der Waals surface area contributed by atoms with E-state index in [0.29, 0.717) is 0 Å². The van der Waals surface area contributed by atoms with E-state index in [1.54, 1.807) is 11.2 Å². The summed E-state index contributed by atoms with van der Waals surface area (Å²) in [5, 5.41) is 0. The van der Waals surface area contributed by atoms with Gasteiger partial charge in [-0.2, -0.15) is 0 Å². The van der Waals surface area contributed by atoms with E-state index < -0.39 is 0 Å². The van der Waals surface area contributed by atoms with Crippen molar-refractivity contribution in [3.8, 4) is 0 Å². The van der Waals surface area contributed by atoms with E-state index >= 15 is 0 Å². The van der Waals surface area contributed by atoms with Gasteiger partial charge in [-0.15, -0.1) is 0 Å². The van der Waals surface area contributed by atoms with Crippen molar-refractivity contribution in [1.29, 1.82) is 0 Å². The maximum atomic E-state index is 11.3. The monoisotopic (exact) mass is 168 g/mol. The zero-order valence-electron chi connectivity index (χ0n) is 7.79. The maximum absolute atomic E-state index is 11.3. The van der Waals surface area contributed by atoms with Crippen LogP contribution < -0.4 is 0 Å². The maximum Gasteiger partial charge on any atom is 0.250 e. The molecule has 1 amide bonds. The minimum absolute atomic E-state index is 0.0567. The molecule has 68 valence electrons. The Morgan fingerprint density at radius 3 is 2.50 bits per heavy atom. The van der Waals surface area contributed by atoms with Gasteiger partial charge < -0.3 is 4.90 Å². The largest absolute Gasteiger partial charge is 0.369 e. The van der Waals surface area contributed by atoms with E-state index in [-0.39, 0.29) is 11.8 Å². The molecule has 0 aromatic rings. The molecule has 1 fully saturated rings. The highest BCUT2D eigenvalue weighted by Crippen LogP contribution is 2.25. The van der Waals surface area contributed by atoms with Crippen LogP contribution in [0.25, 0.3) is 0 Å². The average Bonchev–Trinajstić information content (AvgIpc) is 2.51. The lowest BCUT2D eigenvalue weighted by Crippen LogP contribution is -2.13. The van der Waals surface area contributed by atoms with Crippen LogP contribution in [0.3, 0.4) is 0 Å². The van der Waals surface area contributed by atoms with Crippen molar-refractivity contribution in [2.75, 3.05) is 14.1 Å². The second-order valence-electron chi connectivity index (χ2n) is 3.53. The van der Waals surface area contributed by atoms with Gasteiger partial charge in [0.05, 0.1) is 6.34 Å². The van der Waals surface area contributed by atoms with Gasteiger partial charge in [0, 0.05) is 20.0 Å². The summed E-state index contributed by atoms with van der Waals surface area (Å²) in [7, 11) is 3.73. The van der Waals surface area contributed by atoms with Gasteiger partial charge in [0.15, 0.2) is 0 Å². The van der Waals surface area contributed by atoms with Gasteiger partial charge >= 0.3 is 0 Å². The van der Waals surface area contributed by atoms with Gasteiger partial charge in [0.2, 0.25) is 5.91 Å². The lowest BCUT2D eigenvalue weighted by molar-refractivity contribution is -0.121. The van der Waals surface area contributed by atoms with Gasteiger partial charge in [0.1, 0.15) is 0 Å². The Morgan fingerprint density at radius 2 is 2.00 bits per heavy atom. The van der Waals surface area contributed by atoms with Crippen molar-refractivity contribution in [3.05, 3.63) is 0 Å². The minimum Gasteiger partial charge on any atom is -0.369 e. The third-order valence-electron chi connectivity index (χ3n) is 2.12. The van der Waals surface area contributed by atoms with Gasteiger partial charge in [0.25, 0.3) is 0 Å². The molecule has 0 aliphatic heterocycles. The SMILES string of the molecule is CN(C)C=NC(=O)C1CCCC1. The first-order valence-electron chi connectivity index (χ1n) is 4.44. The average molecular weight is 168 g/mol. The number of nitrogens with zero attached hydrogens (tertiary/aromatic N) is 2. The molecule has 0 unspecified atom stereocenters. The predicted molar refractivity (Wildman–Crippen MR) is 49.1 cm³/mol. The Labute approximate surface area is 73.5 Å². The van der Waals surface area contributed by atoms with Crippen molar-refractivity contribution in [1.82, 2.24) is 4.90 Å². The molecule has 3 heteroatoms. The Kier molecular flexibility index (Phi) is 3.26. The summed E-state index contributed by atoms with van der Waals surface area (Å²) < 4.78 is 0.